The number of hydrogen-bond acceptors (Lipinski definition) is 6. The van der Waals surface area contributed by atoms with Gasteiger partial charge in [-0.3, -0.25) is 19.3 Å². The number of ether oxygens (including phenoxy) is 1. The summed E-state index contributed by atoms with van der Waals surface area (Å²) in [6, 6.07) is 3.19. The number of aromatic nitrogens is 1. The minimum absolute atomic E-state index is 0.0747. The molecular formula is C16H17N3O6S. The Morgan fingerprint density at radius 1 is 1.54 bits per heavy atom. The molecule has 10 heteroatoms. The summed E-state index contributed by atoms with van der Waals surface area (Å²) in [4.78, 5) is 48.7. The molecule has 2 N–H and O–H groups in total. The van der Waals surface area contributed by atoms with Crippen LogP contribution < -0.4 is 5.32 Å². The molecular weight excluding hydrogens is 362 g/mol. The molecule has 2 aliphatic rings. The molecule has 2 unspecified atom stereocenters. The van der Waals surface area contributed by atoms with Gasteiger partial charge in [-0.05, 0) is 24.6 Å². The van der Waals surface area contributed by atoms with E-state index in [1.165, 1.54) is 23.4 Å². The predicted octanol–water partition coefficient (Wildman–Crippen LogP) is 0.0332. The summed E-state index contributed by atoms with van der Waals surface area (Å²) < 4.78 is 6.76. The van der Waals surface area contributed by atoms with Gasteiger partial charge in [-0.1, -0.05) is 0 Å². The van der Waals surface area contributed by atoms with Gasteiger partial charge in [0.2, 0.25) is 5.91 Å². The molecule has 0 spiro atoms. The zero-order valence-corrected chi connectivity index (χ0v) is 14.9. The van der Waals surface area contributed by atoms with Crippen molar-refractivity contribution in [3.63, 3.8) is 0 Å². The molecule has 2 amide bonds. The van der Waals surface area contributed by atoms with E-state index < -0.39 is 28.9 Å². The monoisotopic (exact) mass is 379 g/mol. The van der Waals surface area contributed by atoms with Crippen LogP contribution in [0, 0.1) is 0 Å². The minimum Gasteiger partial charge on any atom is -0.477 e. The number of aliphatic carboxylic acids is 1. The molecule has 2 aliphatic heterocycles. The van der Waals surface area contributed by atoms with E-state index in [9.17, 15) is 24.3 Å². The lowest BCUT2D eigenvalue weighted by Crippen LogP contribution is -2.80. The molecule has 0 aromatic carbocycles. The third kappa shape index (κ3) is 2.61. The van der Waals surface area contributed by atoms with Gasteiger partial charge in [0.1, 0.15) is 17.6 Å². The fraction of sp³-hybridized carbons (Fsp3) is 0.375. The van der Waals surface area contributed by atoms with Gasteiger partial charge < -0.3 is 19.7 Å². The van der Waals surface area contributed by atoms with Crippen LogP contribution in [0.5, 0.6) is 0 Å². The Bertz CT molecular complexity index is 832. The van der Waals surface area contributed by atoms with E-state index >= 15 is 0 Å². The molecule has 2 atom stereocenters. The smallest absolute Gasteiger partial charge is 0.352 e. The lowest BCUT2D eigenvalue weighted by Gasteiger charge is -2.55. The van der Waals surface area contributed by atoms with Crippen molar-refractivity contribution in [2.45, 2.75) is 24.6 Å². The van der Waals surface area contributed by atoms with Gasteiger partial charge in [-0.2, -0.15) is 0 Å². The second-order valence-corrected chi connectivity index (χ2v) is 7.01. The molecule has 1 aromatic rings. The van der Waals surface area contributed by atoms with Crippen LogP contribution in [0.4, 0.5) is 0 Å². The number of carbonyl (C=O) groups is 4. The number of nitrogens with one attached hydrogen (secondary N) is 1. The second-order valence-electron chi connectivity index (χ2n) is 5.94. The maximum atomic E-state index is 12.7. The maximum Gasteiger partial charge on any atom is 0.352 e. The van der Waals surface area contributed by atoms with Gasteiger partial charge in [0.25, 0.3) is 11.6 Å². The minimum atomic E-state index is -1.63. The summed E-state index contributed by atoms with van der Waals surface area (Å²) in [5.41, 5.74) is -0.801. The van der Waals surface area contributed by atoms with E-state index in [0.717, 1.165) is 4.90 Å². The molecule has 138 valence electrons. The molecule has 26 heavy (non-hydrogen) atoms. The Morgan fingerprint density at radius 3 is 2.88 bits per heavy atom. The number of carboxylic acid groups (broad SMARTS) is 1. The number of thioether (sulfide) groups is 1. The lowest BCUT2D eigenvalue weighted by molar-refractivity contribution is -0.192. The largest absolute Gasteiger partial charge is 0.477 e. The summed E-state index contributed by atoms with van der Waals surface area (Å²) in [6.45, 7) is 1.48. The Labute approximate surface area is 153 Å². The molecule has 1 saturated heterocycles. The van der Waals surface area contributed by atoms with Gasteiger partial charge >= 0.3 is 5.97 Å². The fourth-order valence-electron chi connectivity index (χ4n) is 3.11. The van der Waals surface area contributed by atoms with Gasteiger partial charge in [0.15, 0.2) is 6.29 Å². The predicted molar refractivity (Wildman–Crippen MR) is 91.1 cm³/mol. The summed E-state index contributed by atoms with van der Waals surface area (Å²) in [5, 5.41) is 11.3. The molecule has 3 rings (SSSR count). The Kier molecular flexibility index (Phi) is 4.63. The molecule has 3 heterocycles. The Morgan fingerprint density at radius 2 is 2.27 bits per heavy atom. The van der Waals surface area contributed by atoms with Crippen molar-refractivity contribution in [1.82, 2.24) is 14.8 Å². The van der Waals surface area contributed by atoms with Crippen molar-refractivity contribution in [2.75, 3.05) is 12.9 Å². The van der Waals surface area contributed by atoms with Crippen LogP contribution in [0.1, 0.15) is 17.4 Å². The van der Waals surface area contributed by atoms with E-state index in [1.54, 1.807) is 25.3 Å². The lowest BCUT2D eigenvalue weighted by atomic mass is 9.98. The number of aldehydes is 1. The maximum absolute atomic E-state index is 12.7. The van der Waals surface area contributed by atoms with Gasteiger partial charge in [0.05, 0.1) is 5.69 Å². The average Bonchev–Trinajstić information content (AvgIpc) is 3.05. The highest BCUT2D eigenvalue weighted by atomic mass is 32.2. The van der Waals surface area contributed by atoms with Crippen LogP contribution in [-0.4, -0.2) is 62.6 Å². The summed E-state index contributed by atoms with van der Waals surface area (Å²) in [6.07, 6.45) is 2.20. The average molecular weight is 379 g/mol. The van der Waals surface area contributed by atoms with Crippen molar-refractivity contribution >= 4 is 35.8 Å². The third-order valence-corrected chi connectivity index (χ3v) is 5.83. The van der Waals surface area contributed by atoms with Crippen molar-refractivity contribution < 1.29 is 29.0 Å². The molecule has 0 aliphatic carbocycles. The standard InChI is InChI=1S/C16H17N3O6S/c1-9-8-26-15-16(25-2,14(24)19(15)12(9)13(22)23)17-11(21)6-18-5-3-4-10(18)7-20/h3-5,7,15H,6,8H2,1-2H3,(H,17,21)(H,22,23). The van der Waals surface area contributed by atoms with Crippen LogP contribution >= 0.6 is 11.8 Å². The zero-order chi connectivity index (χ0) is 19.1. The number of rotatable bonds is 6. The van der Waals surface area contributed by atoms with Gasteiger partial charge in [0, 0.05) is 19.1 Å². The number of nitrogens with zero attached hydrogens (tertiary/aromatic N) is 2. The number of fused-ring (bicyclic) bond motifs is 1. The molecule has 0 bridgehead atoms. The van der Waals surface area contributed by atoms with E-state index in [0.29, 0.717) is 23.3 Å². The summed E-state index contributed by atoms with van der Waals surface area (Å²) >= 11 is 1.32. The second kappa shape index (κ2) is 6.61. The highest BCUT2D eigenvalue weighted by molar-refractivity contribution is 8.00. The van der Waals surface area contributed by atoms with Crippen LogP contribution in [0.15, 0.2) is 29.6 Å². The fourth-order valence-corrected chi connectivity index (χ4v) is 4.50. The quantitative estimate of drug-likeness (QED) is 0.407. The molecule has 0 saturated carbocycles. The van der Waals surface area contributed by atoms with E-state index in [1.807, 2.05) is 0 Å². The topological polar surface area (TPSA) is 118 Å². The first-order valence-corrected chi connectivity index (χ1v) is 8.75. The molecule has 1 fully saturated rings. The first-order chi connectivity index (χ1) is 12.4. The van der Waals surface area contributed by atoms with Crippen LogP contribution in [0.3, 0.4) is 0 Å². The summed E-state index contributed by atoms with van der Waals surface area (Å²) in [7, 11) is 1.29. The highest BCUT2D eigenvalue weighted by Crippen LogP contribution is 2.46. The first-order valence-electron chi connectivity index (χ1n) is 7.70. The molecule has 0 radical (unpaired) electrons. The number of carbonyl (C=O) groups excluding carboxylic acids is 3. The van der Waals surface area contributed by atoms with Crippen molar-refractivity contribution in [3.05, 3.63) is 35.3 Å². The molecule has 9 nitrogen and oxygen atoms in total. The highest BCUT2D eigenvalue weighted by Gasteiger charge is 2.66. The van der Waals surface area contributed by atoms with Crippen molar-refractivity contribution in [2.24, 2.45) is 0 Å². The number of hydrogen-bond donors (Lipinski definition) is 2. The summed E-state index contributed by atoms with van der Waals surface area (Å²) in [5.74, 6) is -1.95. The first kappa shape index (κ1) is 18.2. The Balaban J connectivity index is 1.81. The Hall–Kier alpha value is -2.59. The van der Waals surface area contributed by atoms with Crippen LogP contribution in [0.2, 0.25) is 0 Å². The van der Waals surface area contributed by atoms with E-state index in [4.69, 9.17) is 4.74 Å². The van der Waals surface area contributed by atoms with Gasteiger partial charge in [-0.25, -0.2) is 4.79 Å². The van der Waals surface area contributed by atoms with E-state index in [-0.39, 0.29) is 12.2 Å². The van der Waals surface area contributed by atoms with Gasteiger partial charge in [-0.15, -0.1) is 11.8 Å². The normalized spacial score (nSPS) is 24.8. The number of carboxylic acids is 1. The number of amides is 2. The zero-order valence-electron chi connectivity index (χ0n) is 14.1. The van der Waals surface area contributed by atoms with Crippen molar-refractivity contribution in [1.29, 1.82) is 0 Å². The van der Waals surface area contributed by atoms with Crippen LogP contribution in [-0.2, 0) is 25.7 Å². The third-order valence-electron chi connectivity index (χ3n) is 4.37. The van der Waals surface area contributed by atoms with E-state index in [2.05, 4.69) is 5.32 Å². The van der Waals surface area contributed by atoms with Crippen LogP contribution in [0.25, 0.3) is 0 Å². The number of β-lactam (4-membered cyclic amide) rings is 1. The molecule has 1 aromatic heterocycles. The van der Waals surface area contributed by atoms with Crippen molar-refractivity contribution in [3.8, 4) is 0 Å². The SMILES string of the molecule is COC1(NC(=O)Cn2cccc2C=O)C(=O)N2C(C(=O)O)=C(C)CSC21. The number of methoxy groups -OCH3 is 1.